The van der Waals surface area contributed by atoms with Crippen molar-refractivity contribution in [3.8, 4) is 0 Å². The number of rotatable bonds is 2. The Kier molecular flexibility index (Phi) is 2.93. The monoisotopic (exact) mass is 277 g/mol. The molecule has 3 aromatic rings. The van der Waals surface area contributed by atoms with Gasteiger partial charge in [0.2, 0.25) is 0 Å². The molecule has 0 fully saturated rings. The maximum atomic E-state index is 13.0. The van der Waals surface area contributed by atoms with Crippen molar-refractivity contribution >= 4 is 5.52 Å². The lowest BCUT2D eigenvalue weighted by atomic mass is 10.0. The van der Waals surface area contributed by atoms with Gasteiger partial charge in [0, 0.05) is 18.8 Å². The summed E-state index contributed by atoms with van der Waals surface area (Å²) in [6, 6.07) is 5.56. The summed E-state index contributed by atoms with van der Waals surface area (Å²) < 4.78 is 40.6. The molecular formula is C14H10F3N3. The smallest absolute Gasteiger partial charge is 0.300 e. The van der Waals surface area contributed by atoms with E-state index in [9.17, 15) is 13.2 Å². The first-order valence-corrected chi connectivity index (χ1v) is 5.97. The first kappa shape index (κ1) is 12.7. The molecule has 6 heteroatoms. The molecule has 20 heavy (non-hydrogen) atoms. The maximum Gasteiger partial charge on any atom is 0.416 e. The Morgan fingerprint density at radius 2 is 1.90 bits per heavy atom. The molecule has 0 atom stereocenters. The quantitative estimate of drug-likeness (QED) is 0.719. The number of hydrogen-bond donors (Lipinski definition) is 0. The standard InChI is InChI=1S/C14H10F3N3/c15-14(16,17)12-4-2-1-3-10(12)7-13-19-9-11-8-18-5-6-20(11)13/h1-6,8-9H,7H2. The van der Waals surface area contributed by atoms with Gasteiger partial charge >= 0.3 is 6.18 Å². The molecule has 0 N–H and O–H groups in total. The van der Waals surface area contributed by atoms with E-state index in [0.29, 0.717) is 5.82 Å². The Labute approximate surface area is 112 Å². The van der Waals surface area contributed by atoms with Gasteiger partial charge in [-0.3, -0.25) is 4.98 Å². The van der Waals surface area contributed by atoms with Gasteiger partial charge in [-0.2, -0.15) is 13.2 Å². The molecule has 0 saturated carbocycles. The van der Waals surface area contributed by atoms with Crippen molar-refractivity contribution < 1.29 is 13.2 Å². The van der Waals surface area contributed by atoms with E-state index in [4.69, 9.17) is 0 Å². The van der Waals surface area contributed by atoms with Crippen molar-refractivity contribution in [2.45, 2.75) is 12.6 Å². The highest BCUT2D eigenvalue weighted by Crippen LogP contribution is 2.32. The van der Waals surface area contributed by atoms with Crippen molar-refractivity contribution in [2.24, 2.45) is 0 Å². The Morgan fingerprint density at radius 1 is 1.10 bits per heavy atom. The number of fused-ring (bicyclic) bond motifs is 1. The average Bonchev–Trinajstić information content (AvgIpc) is 2.82. The number of benzene rings is 1. The van der Waals surface area contributed by atoms with Gasteiger partial charge in [-0.25, -0.2) is 4.98 Å². The van der Waals surface area contributed by atoms with E-state index >= 15 is 0 Å². The lowest BCUT2D eigenvalue weighted by Gasteiger charge is -2.12. The molecule has 3 rings (SSSR count). The van der Waals surface area contributed by atoms with Crippen molar-refractivity contribution in [3.63, 3.8) is 0 Å². The second-order valence-electron chi connectivity index (χ2n) is 4.38. The zero-order valence-electron chi connectivity index (χ0n) is 10.3. The van der Waals surface area contributed by atoms with Gasteiger partial charge in [0.05, 0.1) is 23.5 Å². The molecule has 0 spiro atoms. The first-order chi connectivity index (χ1) is 9.55. The largest absolute Gasteiger partial charge is 0.416 e. The molecule has 0 amide bonds. The number of nitrogens with zero attached hydrogens (tertiary/aromatic N) is 3. The van der Waals surface area contributed by atoms with E-state index in [1.165, 1.54) is 12.1 Å². The molecule has 2 heterocycles. The van der Waals surface area contributed by atoms with Crippen LogP contribution in [0.5, 0.6) is 0 Å². The van der Waals surface area contributed by atoms with Crippen LogP contribution in [0.15, 0.2) is 49.1 Å². The van der Waals surface area contributed by atoms with Gasteiger partial charge in [-0.15, -0.1) is 0 Å². The third kappa shape index (κ3) is 2.24. The normalized spacial score (nSPS) is 11.9. The summed E-state index contributed by atoms with van der Waals surface area (Å²) in [7, 11) is 0. The molecular weight excluding hydrogens is 267 g/mol. The topological polar surface area (TPSA) is 30.2 Å². The van der Waals surface area contributed by atoms with Crippen molar-refractivity contribution in [2.75, 3.05) is 0 Å². The molecule has 0 saturated heterocycles. The Balaban J connectivity index is 2.04. The van der Waals surface area contributed by atoms with E-state index in [2.05, 4.69) is 9.97 Å². The van der Waals surface area contributed by atoms with Crippen LogP contribution in [-0.2, 0) is 12.6 Å². The zero-order chi connectivity index (χ0) is 14.2. The number of aromatic nitrogens is 3. The van der Waals surface area contributed by atoms with Crippen LogP contribution in [0, 0.1) is 0 Å². The van der Waals surface area contributed by atoms with E-state index < -0.39 is 11.7 Å². The van der Waals surface area contributed by atoms with Crippen LogP contribution in [0.3, 0.4) is 0 Å². The van der Waals surface area contributed by atoms with Gasteiger partial charge < -0.3 is 4.40 Å². The van der Waals surface area contributed by atoms with E-state index in [1.807, 2.05) is 0 Å². The molecule has 0 aliphatic rings. The molecule has 2 aromatic heterocycles. The molecule has 0 radical (unpaired) electrons. The van der Waals surface area contributed by atoms with Crippen LogP contribution in [0.4, 0.5) is 13.2 Å². The van der Waals surface area contributed by atoms with E-state index in [1.54, 1.807) is 35.3 Å². The lowest BCUT2D eigenvalue weighted by molar-refractivity contribution is -0.138. The van der Waals surface area contributed by atoms with Crippen LogP contribution in [0.25, 0.3) is 5.52 Å². The summed E-state index contributed by atoms with van der Waals surface area (Å²) in [6.45, 7) is 0. The van der Waals surface area contributed by atoms with Gasteiger partial charge in [-0.1, -0.05) is 18.2 Å². The summed E-state index contributed by atoms with van der Waals surface area (Å²) in [4.78, 5) is 8.12. The van der Waals surface area contributed by atoms with Crippen molar-refractivity contribution in [3.05, 3.63) is 66.0 Å². The van der Waals surface area contributed by atoms with Gasteiger partial charge in [0.1, 0.15) is 5.82 Å². The molecule has 1 aromatic carbocycles. The average molecular weight is 277 g/mol. The molecule has 102 valence electrons. The van der Waals surface area contributed by atoms with Crippen LogP contribution in [0.1, 0.15) is 17.0 Å². The summed E-state index contributed by atoms with van der Waals surface area (Å²) >= 11 is 0. The number of alkyl halides is 3. The van der Waals surface area contributed by atoms with Gasteiger partial charge in [-0.05, 0) is 11.6 Å². The van der Waals surface area contributed by atoms with Crippen LogP contribution < -0.4 is 0 Å². The third-order valence-electron chi connectivity index (χ3n) is 3.08. The highest BCUT2D eigenvalue weighted by Gasteiger charge is 2.33. The predicted octanol–water partition coefficient (Wildman–Crippen LogP) is 3.34. The Morgan fingerprint density at radius 3 is 2.70 bits per heavy atom. The van der Waals surface area contributed by atoms with E-state index in [-0.39, 0.29) is 12.0 Å². The SMILES string of the molecule is FC(F)(F)c1ccccc1Cc1ncc2cnccn12. The highest BCUT2D eigenvalue weighted by molar-refractivity contribution is 5.44. The van der Waals surface area contributed by atoms with Gasteiger partial charge in [0.15, 0.2) is 0 Å². The molecule has 0 bridgehead atoms. The maximum absolute atomic E-state index is 13.0. The summed E-state index contributed by atoms with van der Waals surface area (Å²) in [5.41, 5.74) is 0.349. The van der Waals surface area contributed by atoms with Gasteiger partial charge in [0.25, 0.3) is 0 Å². The predicted molar refractivity (Wildman–Crippen MR) is 67.2 cm³/mol. The van der Waals surface area contributed by atoms with Crippen LogP contribution in [0.2, 0.25) is 0 Å². The second kappa shape index (κ2) is 4.63. The Hall–Kier alpha value is -2.37. The van der Waals surface area contributed by atoms with Crippen LogP contribution >= 0.6 is 0 Å². The van der Waals surface area contributed by atoms with E-state index in [0.717, 1.165) is 11.6 Å². The lowest BCUT2D eigenvalue weighted by Crippen LogP contribution is -2.10. The van der Waals surface area contributed by atoms with Crippen LogP contribution in [-0.4, -0.2) is 14.4 Å². The second-order valence-corrected chi connectivity index (χ2v) is 4.38. The zero-order valence-corrected chi connectivity index (χ0v) is 10.3. The molecule has 0 aliphatic carbocycles. The fraction of sp³-hybridized carbons (Fsp3) is 0.143. The summed E-state index contributed by atoms with van der Waals surface area (Å²) in [5, 5.41) is 0. The molecule has 0 unspecified atom stereocenters. The number of halogens is 3. The minimum atomic E-state index is -4.36. The molecule has 0 aliphatic heterocycles. The summed E-state index contributed by atoms with van der Waals surface area (Å²) in [6.07, 6.45) is 2.24. The van der Waals surface area contributed by atoms with Crippen molar-refractivity contribution in [1.29, 1.82) is 0 Å². The summed E-state index contributed by atoms with van der Waals surface area (Å²) in [5.74, 6) is 0.555. The minimum Gasteiger partial charge on any atom is -0.300 e. The fourth-order valence-electron chi connectivity index (χ4n) is 2.16. The number of imidazole rings is 1. The fourth-order valence-corrected chi connectivity index (χ4v) is 2.16. The minimum absolute atomic E-state index is 0.119. The third-order valence-corrected chi connectivity index (χ3v) is 3.08. The molecule has 3 nitrogen and oxygen atoms in total. The first-order valence-electron chi connectivity index (χ1n) is 5.97. The Bertz CT molecular complexity index is 747. The highest BCUT2D eigenvalue weighted by atomic mass is 19.4. The van der Waals surface area contributed by atoms with Crippen molar-refractivity contribution in [1.82, 2.24) is 14.4 Å². The number of hydrogen-bond acceptors (Lipinski definition) is 2.